The summed E-state index contributed by atoms with van der Waals surface area (Å²) in [6.07, 6.45) is 7.70. The Kier molecular flexibility index (Phi) is 4.83. The van der Waals surface area contributed by atoms with Crippen LogP contribution in [0.25, 0.3) is 22.5 Å². The lowest BCUT2D eigenvalue weighted by molar-refractivity contribution is 0.0712. The Morgan fingerprint density at radius 3 is 2.58 bits per heavy atom. The zero-order chi connectivity index (χ0) is 24.2. The summed E-state index contributed by atoms with van der Waals surface area (Å²) in [5.74, 6) is 2.43. The first kappa shape index (κ1) is 21.2. The second-order valence-electron chi connectivity index (χ2n) is 9.81. The third-order valence-electron chi connectivity index (χ3n) is 7.41. The molecule has 0 spiro atoms. The van der Waals surface area contributed by atoms with Crippen LogP contribution < -0.4 is 0 Å². The molecular weight excluding hydrogens is 452 g/mol. The predicted octanol–water partition coefficient (Wildman–Crippen LogP) is 4.06. The summed E-state index contributed by atoms with van der Waals surface area (Å²) in [5, 5.41) is 14.3. The number of hydrogen-bond acceptors (Lipinski definition) is 6. The molecule has 0 unspecified atom stereocenters. The second kappa shape index (κ2) is 8.22. The lowest BCUT2D eigenvalue weighted by Crippen LogP contribution is -2.38. The first-order chi connectivity index (χ1) is 17.7. The van der Waals surface area contributed by atoms with Crippen LogP contribution in [0.5, 0.6) is 0 Å². The predicted molar refractivity (Wildman–Crippen MR) is 134 cm³/mol. The van der Waals surface area contributed by atoms with Gasteiger partial charge in [-0.05, 0) is 62.9 Å². The van der Waals surface area contributed by atoms with Gasteiger partial charge in [0, 0.05) is 43.0 Å². The molecule has 180 valence electrons. The normalized spacial score (nSPS) is 16.8. The van der Waals surface area contributed by atoms with Gasteiger partial charge in [-0.25, -0.2) is 9.97 Å². The summed E-state index contributed by atoms with van der Waals surface area (Å²) >= 11 is 0. The van der Waals surface area contributed by atoms with Crippen LogP contribution in [0.2, 0.25) is 0 Å². The topological polar surface area (TPSA) is 94.1 Å². The first-order valence-corrected chi connectivity index (χ1v) is 12.6. The van der Waals surface area contributed by atoms with Gasteiger partial charge in [-0.3, -0.25) is 9.20 Å². The third-order valence-corrected chi connectivity index (χ3v) is 7.41. The molecule has 2 aliphatic rings. The van der Waals surface area contributed by atoms with Crippen LogP contribution in [0.3, 0.4) is 0 Å². The van der Waals surface area contributed by atoms with Crippen molar-refractivity contribution in [3.05, 3.63) is 77.6 Å². The maximum atomic E-state index is 13.9. The van der Waals surface area contributed by atoms with Gasteiger partial charge in [-0.15, -0.1) is 10.2 Å². The van der Waals surface area contributed by atoms with E-state index in [-0.39, 0.29) is 11.8 Å². The van der Waals surface area contributed by atoms with E-state index in [9.17, 15) is 4.79 Å². The van der Waals surface area contributed by atoms with Crippen LogP contribution in [0.1, 0.15) is 65.1 Å². The summed E-state index contributed by atoms with van der Waals surface area (Å²) in [7, 11) is 0. The molecule has 0 radical (unpaired) electrons. The molecule has 1 saturated heterocycles. The maximum absolute atomic E-state index is 13.9. The number of carbonyl (C=O) groups excluding carboxylic acids is 1. The second-order valence-corrected chi connectivity index (χ2v) is 9.81. The van der Waals surface area contributed by atoms with Gasteiger partial charge in [0.2, 0.25) is 0 Å². The van der Waals surface area contributed by atoms with E-state index in [1.54, 1.807) is 10.9 Å². The highest BCUT2D eigenvalue weighted by Crippen LogP contribution is 2.41. The molecule has 9 heteroatoms. The number of amides is 1. The molecule has 1 amide bonds. The van der Waals surface area contributed by atoms with E-state index >= 15 is 0 Å². The van der Waals surface area contributed by atoms with Gasteiger partial charge < -0.3 is 4.90 Å². The molecular formula is C27H26N8O. The lowest BCUT2D eigenvalue weighted by Gasteiger charge is -2.31. The highest BCUT2D eigenvalue weighted by molar-refractivity contribution is 6.06. The SMILES string of the molecule is Cc1nn(-c2ccccn2)c2nc(C3CC3)cc(C(=O)N3CCC(c4nnc5ccccn45)CC3)c12. The van der Waals surface area contributed by atoms with Crippen molar-refractivity contribution >= 4 is 22.6 Å². The number of hydrogen-bond donors (Lipinski definition) is 0. The van der Waals surface area contributed by atoms with Crippen LogP contribution in [-0.4, -0.2) is 58.2 Å². The number of piperidine rings is 1. The van der Waals surface area contributed by atoms with Gasteiger partial charge in [-0.2, -0.15) is 9.78 Å². The van der Waals surface area contributed by atoms with Crippen molar-refractivity contribution in [3.63, 3.8) is 0 Å². The molecule has 5 aromatic heterocycles. The number of likely N-dealkylation sites (tertiary alicyclic amines) is 1. The molecule has 2 fully saturated rings. The van der Waals surface area contributed by atoms with E-state index in [4.69, 9.17) is 10.1 Å². The fraction of sp³-hybridized carbons (Fsp3) is 0.333. The number of aryl methyl sites for hydroxylation is 1. The minimum Gasteiger partial charge on any atom is -0.339 e. The molecule has 5 aromatic rings. The van der Waals surface area contributed by atoms with Crippen molar-refractivity contribution in [3.8, 4) is 5.82 Å². The third kappa shape index (κ3) is 3.45. The van der Waals surface area contributed by atoms with E-state index < -0.39 is 0 Å². The van der Waals surface area contributed by atoms with Crippen molar-refractivity contribution in [2.75, 3.05) is 13.1 Å². The van der Waals surface area contributed by atoms with Gasteiger partial charge in [0.1, 0.15) is 5.82 Å². The van der Waals surface area contributed by atoms with E-state index in [0.29, 0.717) is 36.0 Å². The van der Waals surface area contributed by atoms with Crippen LogP contribution in [0.4, 0.5) is 0 Å². The van der Waals surface area contributed by atoms with Crippen molar-refractivity contribution in [2.24, 2.45) is 0 Å². The lowest BCUT2D eigenvalue weighted by atomic mass is 9.95. The monoisotopic (exact) mass is 478 g/mol. The maximum Gasteiger partial charge on any atom is 0.254 e. The Labute approximate surface area is 207 Å². The number of nitrogens with zero attached hydrogens (tertiary/aromatic N) is 8. The van der Waals surface area contributed by atoms with Crippen LogP contribution in [0.15, 0.2) is 54.9 Å². The number of rotatable bonds is 4. The summed E-state index contributed by atoms with van der Waals surface area (Å²) < 4.78 is 3.84. The standard InChI is InChI=1S/C27H26N8O/c1-17-24-20(16-21(18-8-9-18)29-26(24)35(32-17)22-6-2-4-12-28-22)27(36)33-14-10-19(11-15-33)25-31-30-23-7-3-5-13-34(23)25/h2-7,12-13,16,18-19H,8-11,14-15H2,1H3. The molecule has 6 heterocycles. The minimum atomic E-state index is 0.0533. The first-order valence-electron chi connectivity index (χ1n) is 12.6. The zero-order valence-corrected chi connectivity index (χ0v) is 20.1. The van der Waals surface area contributed by atoms with E-state index in [0.717, 1.165) is 53.9 Å². The largest absolute Gasteiger partial charge is 0.339 e. The summed E-state index contributed by atoms with van der Waals surface area (Å²) in [6.45, 7) is 3.31. The van der Waals surface area contributed by atoms with Gasteiger partial charge in [0.05, 0.1) is 16.6 Å². The molecule has 36 heavy (non-hydrogen) atoms. The number of carbonyl (C=O) groups is 1. The van der Waals surface area contributed by atoms with Crippen LogP contribution in [-0.2, 0) is 0 Å². The molecule has 0 atom stereocenters. The average molecular weight is 479 g/mol. The number of aromatic nitrogens is 7. The van der Waals surface area contributed by atoms with E-state index in [2.05, 4.69) is 19.6 Å². The number of pyridine rings is 3. The Bertz CT molecular complexity index is 1590. The highest BCUT2D eigenvalue weighted by Gasteiger charge is 2.32. The zero-order valence-electron chi connectivity index (χ0n) is 20.1. The van der Waals surface area contributed by atoms with Crippen molar-refractivity contribution in [1.82, 2.24) is 39.2 Å². The summed E-state index contributed by atoms with van der Waals surface area (Å²) in [4.78, 5) is 25.3. The smallest absolute Gasteiger partial charge is 0.254 e. The molecule has 1 aliphatic heterocycles. The molecule has 9 nitrogen and oxygen atoms in total. The Balaban J connectivity index is 1.22. The van der Waals surface area contributed by atoms with Gasteiger partial charge in [-0.1, -0.05) is 12.1 Å². The van der Waals surface area contributed by atoms with Crippen LogP contribution in [0, 0.1) is 6.92 Å². The summed E-state index contributed by atoms with van der Waals surface area (Å²) in [6, 6.07) is 13.7. The van der Waals surface area contributed by atoms with E-state index in [1.807, 2.05) is 60.5 Å². The summed E-state index contributed by atoms with van der Waals surface area (Å²) in [5.41, 5.74) is 4.04. The van der Waals surface area contributed by atoms with Gasteiger partial charge in [0.15, 0.2) is 17.1 Å². The van der Waals surface area contributed by atoms with E-state index in [1.165, 1.54) is 0 Å². The fourth-order valence-corrected chi connectivity index (χ4v) is 5.35. The van der Waals surface area contributed by atoms with Crippen molar-refractivity contribution in [1.29, 1.82) is 0 Å². The Morgan fingerprint density at radius 2 is 1.81 bits per heavy atom. The van der Waals surface area contributed by atoms with Gasteiger partial charge in [0.25, 0.3) is 5.91 Å². The number of fused-ring (bicyclic) bond motifs is 2. The molecule has 0 N–H and O–H groups in total. The minimum absolute atomic E-state index is 0.0533. The quantitative estimate of drug-likeness (QED) is 0.387. The van der Waals surface area contributed by atoms with Gasteiger partial charge >= 0.3 is 0 Å². The average Bonchev–Trinajstić information content (AvgIpc) is 3.61. The molecule has 1 aliphatic carbocycles. The molecule has 0 aromatic carbocycles. The Hall–Kier alpha value is -4.14. The molecule has 0 bridgehead atoms. The highest BCUT2D eigenvalue weighted by atomic mass is 16.2. The van der Waals surface area contributed by atoms with Crippen molar-refractivity contribution in [2.45, 2.75) is 44.4 Å². The fourth-order valence-electron chi connectivity index (χ4n) is 5.35. The molecule has 7 rings (SSSR count). The molecule has 1 saturated carbocycles. The van der Waals surface area contributed by atoms with Crippen molar-refractivity contribution < 1.29 is 4.79 Å². The van der Waals surface area contributed by atoms with Crippen LogP contribution >= 0.6 is 0 Å². The Morgan fingerprint density at radius 1 is 0.972 bits per heavy atom.